The monoisotopic (exact) mass is 487 g/mol. The molecule has 0 aromatic heterocycles. The summed E-state index contributed by atoms with van der Waals surface area (Å²) in [5, 5.41) is 0. The number of ether oxygens (including phenoxy) is 1. The molecule has 0 saturated heterocycles. The molecule has 1 N–H and O–H groups in total. The molecule has 0 atom stereocenters. The number of rotatable bonds is 19. The molecule has 5 heteroatoms. The van der Waals surface area contributed by atoms with Gasteiger partial charge in [0.1, 0.15) is 11.5 Å². The van der Waals surface area contributed by atoms with Crippen LogP contribution in [0.5, 0.6) is 11.5 Å². The van der Waals surface area contributed by atoms with Crippen LogP contribution in [-0.4, -0.2) is 15.0 Å². The van der Waals surface area contributed by atoms with Crippen LogP contribution < -0.4 is 9.46 Å². The molecule has 0 amide bonds. The molecule has 0 fully saturated rings. The van der Waals surface area contributed by atoms with Crippen molar-refractivity contribution < 1.29 is 13.2 Å². The molecule has 0 radical (unpaired) electrons. The predicted molar refractivity (Wildman–Crippen MR) is 143 cm³/mol. The Morgan fingerprint density at radius 2 is 1.24 bits per heavy atom. The summed E-state index contributed by atoms with van der Waals surface area (Å²) in [6.45, 7) is 4.62. The summed E-state index contributed by atoms with van der Waals surface area (Å²) in [6, 6.07) is 14.5. The van der Waals surface area contributed by atoms with Crippen LogP contribution in [0.15, 0.2) is 53.4 Å². The first-order chi connectivity index (χ1) is 16.5. The summed E-state index contributed by atoms with van der Waals surface area (Å²) in [4.78, 5) is 0.288. The minimum absolute atomic E-state index is 0.288. The van der Waals surface area contributed by atoms with E-state index in [1.165, 1.54) is 77.0 Å². The molecule has 0 saturated carbocycles. The lowest BCUT2D eigenvalue weighted by atomic mass is 10.0. The number of benzene rings is 2. The minimum atomic E-state index is -3.50. The number of hydrogen-bond acceptors (Lipinski definition) is 3. The molecule has 34 heavy (non-hydrogen) atoms. The summed E-state index contributed by atoms with van der Waals surface area (Å²) < 4.78 is 33.9. The van der Waals surface area contributed by atoms with Crippen molar-refractivity contribution in [1.82, 2.24) is 4.72 Å². The van der Waals surface area contributed by atoms with Crippen LogP contribution in [0.25, 0.3) is 0 Å². The van der Waals surface area contributed by atoms with Crippen molar-refractivity contribution in [2.45, 2.75) is 109 Å². The van der Waals surface area contributed by atoms with E-state index in [4.69, 9.17) is 4.74 Å². The van der Waals surface area contributed by atoms with E-state index < -0.39 is 10.0 Å². The lowest BCUT2D eigenvalue weighted by molar-refractivity contribution is 0.478. The van der Waals surface area contributed by atoms with Crippen LogP contribution in [0.3, 0.4) is 0 Å². The number of para-hydroxylation sites is 1. The van der Waals surface area contributed by atoms with Crippen molar-refractivity contribution >= 4 is 10.0 Å². The number of sulfonamides is 1. The first kappa shape index (κ1) is 28.4. The van der Waals surface area contributed by atoms with Crippen LogP contribution >= 0.6 is 0 Å². The van der Waals surface area contributed by atoms with Crippen LogP contribution in [0.4, 0.5) is 0 Å². The van der Waals surface area contributed by atoms with E-state index in [9.17, 15) is 8.42 Å². The maximum atomic E-state index is 12.6. The summed E-state index contributed by atoms with van der Waals surface area (Å²) in [7, 11) is -3.50. The van der Waals surface area contributed by atoms with E-state index in [-0.39, 0.29) is 4.90 Å². The van der Waals surface area contributed by atoms with Gasteiger partial charge in [-0.05, 0) is 49.2 Å². The Hall–Kier alpha value is -1.85. The van der Waals surface area contributed by atoms with Crippen molar-refractivity contribution in [3.63, 3.8) is 0 Å². The quantitative estimate of drug-likeness (QED) is 0.202. The second-order valence-corrected chi connectivity index (χ2v) is 11.1. The standard InChI is InChI=1S/C29H45NO3S/c1-3-4-5-6-7-8-9-10-11-12-13-14-15-19-24-30-34(31,32)28-22-23-29(26(2)25-28)33-27-20-17-16-18-21-27/h16-18,20-23,25,30H,3-15,19,24H2,1-2H3. The van der Waals surface area contributed by atoms with Crippen LogP contribution in [0, 0.1) is 6.92 Å². The lowest BCUT2D eigenvalue weighted by Crippen LogP contribution is -2.24. The van der Waals surface area contributed by atoms with Gasteiger partial charge in [-0.3, -0.25) is 0 Å². The highest BCUT2D eigenvalue weighted by molar-refractivity contribution is 7.89. The Bertz CT molecular complexity index is 897. The van der Waals surface area contributed by atoms with Gasteiger partial charge >= 0.3 is 0 Å². The fourth-order valence-corrected chi connectivity index (χ4v) is 5.29. The first-order valence-electron chi connectivity index (χ1n) is 13.4. The predicted octanol–water partition coefficient (Wildman–Crippen LogP) is 8.55. The fourth-order valence-electron chi connectivity index (χ4n) is 4.13. The van der Waals surface area contributed by atoms with Crippen LogP contribution in [0.1, 0.15) is 102 Å². The topological polar surface area (TPSA) is 55.4 Å². The van der Waals surface area contributed by atoms with Gasteiger partial charge in [-0.2, -0.15) is 0 Å². The van der Waals surface area contributed by atoms with Gasteiger partial charge in [0.15, 0.2) is 0 Å². The smallest absolute Gasteiger partial charge is 0.240 e. The first-order valence-corrected chi connectivity index (χ1v) is 14.8. The average molecular weight is 488 g/mol. The zero-order valence-electron chi connectivity index (χ0n) is 21.4. The summed E-state index contributed by atoms with van der Waals surface area (Å²) in [5.41, 5.74) is 0.795. The molecule has 4 nitrogen and oxygen atoms in total. The van der Waals surface area contributed by atoms with Crippen molar-refractivity contribution in [1.29, 1.82) is 0 Å². The Balaban J connectivity index is 1.55. The summed E-state index contributed by atoms with van der Waals surface area (Å²) >= 11 is 0. The average Bonchev–Trinajstić information content (AvgIpc) is 2.83. The van der Waals surface area contributed by atoms with Gasteiger partial charge in [-0.1, -0.05) is 109 Å². The molecule has 0 aliphatic rings. The molecule has 0 bridgehead atoms. The molecule has 0 spiro atoms. The van der Waals surface area contributed by atoms with Crippen LogP contribution in [0.2, 0.25) is 0 Å². The Kier molecular flexibility index (Phi) is 14.0. The van der Waals surface area contributed by atoms with E-state index >= 15 is 0 Å². The fraction of sp³-hybridized carbons (Fsp3) is 0.586. The zero-order valence-corrected chi connectivity index (χ0v) is 22.2. The van der Waals surface area contributed by atoms with Gasteiger partial charge in [0.25, 0.3) is 0 Å². The highest BCUT2D eigenvalue weighted by Gasteiger charge is 2.15. The van der Waals surface area contributed by atoms with Crippen molar-refractivity contribution in [3.05, 3.63) is 54.1 Å². The SMILES string of the molecule is CCCCCCCCCCCCCCCCNS(=O)(=O)c1ccc(Oc2ccccc2)c(C)c1. The van der Waals surface area contributed by atoms with Gasteiger partial charge in [0.05, 0.1) is 4.90 Å². The molecule has 0 heterocycles. The van der Waals surface area contributed by atoms with Gasteiger partial charge < -0.3 is 4.74 Å². The van der Waals surface area contributed by atoms with E-state index in [1.54, 1.807) is 18.2 Å². The largest absolute Gasteiger partial charge is 0.457 e. The maximum absolute atomic E-state index is 12.6. The molecule has 0 unspecified atom stereocenters. The van der Waals surface area contributed by atoms with Crippen LogP contribution in [-0.2, 0) is 10.0 Å². The van der Waals surface area contributed by atoms with Gasteiger partial charge in [0, 0.05) is 6.54 Å². The van der Waals surface area contributed by atoms with Crippen molar-refractivity contribution in [2.75, 3.05) is 6.54 Å². The minimum Gasteiger partial charge on any atom is -0.457 e. The van der Waals surface area contributed by atoms with E-state index in [0.29, 0.717) is 12.3 Å². The molecular weight excluding hydrogens is 442 g/mol. The second kappa shape index (κ2) is 16.7. The van der Waals surface area contributed by atoms with Gasteiger partial charge in [-0.15, -0.1) is 0 Å². The normalized spacial score (nSPS) is 11.6. The molecule has 2 rings (SSSR count). The number of hydrogen-bond donors (Lipinski definition) is 1. The zero-order chi connectivity index (χ0) is 24.5. The van der Waals surface area contributed by atoms with E-state index in [0.717, 1.165) is 24.2 Å². The van der Waals surface area contributed by atoms with E-state index in [1.807, 2.05) is 37.3 Å². The molecule has 2 aromatic carbocycles. The Morgan fingerprint density at radius 1 is 0.706 bits per heavy atom. The number of aryl methyl sites for hydroxylation is 1. The third-order valence-electron chi connectivity index (χ3n) is 6.25. The summed E-state index contributed by atoms with van der Waals surface area (Å²) in [5.74, 6) is 1.40. The summed E-state index contributed by atoms with van der Waals surface area (Å²) in [6.07, 6.45) is 18.1. The molecule has 2 aromatic rings. The third kappa shape index (κ3) is 11.5. The van der Waals surface area contributed by atoms with Gasteiger partial charge in [0.2, 0.25) is 10.0 Å². The van der Waals surface area contributed by atoms with E-state index in [2.05, 4.69) is 11.6 Å². The van der Waals surface area contributed by atoms with Crippen molar-refractivity contribution in [2.24, 2.45) is 0 Å². The lowest BCUT2D eigenvalue weighted by Gasteiger charge is -2.11. The highest BCUT2D eigenvalue weighted by Crippen LogP contribution is 2.27. The molecular formula is C29H45NO3S. The molecule has 0 aliphatic carbocycles. The maximum Gasteiger partial charge on any atom is 0.240 e. The van der Waals surface area contributed by atoms with Gasteiger partial charge in [-0.25, -0.2) is 13.1 Å². The second-order valence-electron chi connectivity index (χ2n) is 9.34. The highest BCUT2D eigenvalue weighted by atomic mass is 32.2. The van der Waals surface area contributed by atoms with Crippen molar-refractivity contribution in [3.8, 4) is 11.5 Å². The number of unbranched alkanes of at least 4 members (excludes halogenated alkanes) is 13. The Labute approximate surface area is 208 Å². The number of nitrogens with one attached hydrogen (secondary N) is 1. The molecule has 0 aliphatic heterocycles. The third-order valence-corrected chi connectivity index (χ3v) is 7.71. The molecule has 190 valence electrons. The Morgan fingerprint density at radius 3 is 1.76 bits per heavy atom.